The number of nitrogens with one attached hydrogen (secondary N) is 1. The predicted molar refractivity (Wildman–Crippen MR) is 91.2 cm³/mol. The van der Waals surface area contributed by atoms with Crippen molar-refractivity contribution in [1.29, 1.82) is 5.26 Å². The summed E-state index contributed by atoms with van der Waals surface area (Å²) in [7, 11) is 0. The van der Waals surface area contributed by atoms with E-state index in [0.29, 0.717) is 5.02 Å². The number of nitrogens with zero attached hydrogens (tertiary/aromatic N) is 2. The molecule has 0 heterocycles. The summed E-state index contributed by atoms with van der Waals surface area (Å²) in [6.07, 6.45) is 1.13. The lowest BCUT2D eigenvalue weighted by molar-refractivity contribution is -0.398. The van der Waals surface area contributed by atoms with Crippen LogP contribution in [0.2, 0.25) is 10.0 Å². The second kappa shape index (κ2) is 7.66. The van der Waals surface area contributed by atoms with Crippen LogP contribution in [0.4, 0.5) is 11.4 Å². The van der Waals surface area contributed by atoms with Crippen molar-refractivity contribution >= 4 is 46.6 Å². The maximum Gasteiger partial charge on any atom is 0.266 e. The number of benzene rings is 2. The van der Waals surface area contributed by atoms with Gasteiger partial charge >= 0.3 is 0 Å². The minimum atomic E-state index is -0.836. The monoisotopic (exact) mass is 376 g/mol. The number of hydrogen-bond acceptors (Lipinski definition) is 5. The predicted octanol–water partition coefficient (Wildman–Crippen LogP) is 3.52. The van der Waals surface area contributed by atoms with Gasteiger partial charge in [-0.3, -0.25) is 14.9 Å². The van der Waals surface area contributed by atoms with Gasteiger partial charge in [-0.15, -0.1) is 0 Å². The van der Waals surface area contributed by atoms with Crippen LogP contribution in [-0.2, 0) is 4.79 Å². The molecule has 0 fully saturated rings. The van der Waals surface area contributed by atoms with Gasteiger partial charge in [0.1, 0.15) is 11.6 Å². The molecule has 0 atom stereocenters. The van der Waals surface area contributed by atoms with Crippen molar-refractivity contribution < 1.29 is 14.8 Å². The summed E-state index contributed by atoms with van der Waals surface area (Å²) in [5, 5.41) is 34.3. The molecule has 0 aliphatic carbocycles. The van der Waals surface area contributed by atoms with Crippen molar-refractivity contribution in [1.82, 2.24) is 0 Å². The van der Waals surface area contributed by atoms with Crippen LogP contribution in [0.15, 0.2) is 42.0 Å². The Balaban J connectivity index is 2.33. The van der Waals surface area contributed by atoms with Crippen LogP contribution in [0.5, 0.6) is 5.75 Å². The van der Waals surface area contributed by atoms with Gasteiger partial charge in [-0.2, -0.15) is 5.26 Å². The van der Waals surface area contributed by atoms with Crippen LogP contribution in [0.1, 0.15) is 5.56 Å². The topological polar surface area (TPSA) is 119 Å². The molecule has 0 radical (unpaired) electrons. The number of carbonyl (C=O) groups is 1. The van der Waals surface area contributed by atoms with E-state index in [4.69, 9.17) is 28.5 Å². The Kier molecular flexibility index (Phi) is 5.60. The highest BCUT2D eigenvalue weighted by atomic mass is 35.5. The third-order valence-corrected chi connectivity index (χ3v) is 3.60. The van der Waals surface area contributed by atoms with Crippen molar-refractivity contribution in [2.75, 3.05) is 5.32 Å². The van der Waals surface area contributed by atoms with E-state index < -0.39 is 22.3 Å². The molecule has 0 bridgehead atoms. The van der Waals surface area contributed by atoms with Crippen molar-refractivity contribution in [3.63, 3.8) is 0 Å². The van der Waals surface area contributed by atoms with Gasteiger partial charge in [0.05, 0.1) is 15.6 Å². The van der Waals surface area contributed by atoms with Crippen LogP contribution < -0.4 is 10.4 Å². The first-order valence-corrected chi connectivity index (χ1v) is 7.41. The molecule has 25 heavy (non-hydrogen) atoms. The van der Waals surface area contributed by atoms with Gasteiger partial charge in [0.15, 0.2) is 0 Å². The number of rotatable bonds is 4. The molecule has 126 valence electrons. The maximum absolute atomic E-state index is 12.2. The Bertz CT molecular complexity index is 935. The van der Waals surface area contributed by atoms with Crippen LogP contribution in [0, 0.1) is 21.4 Å². The molecule has 0 spiro atoms. The Labute approximate surface area is 151 Å². The molecule has 1 amide bonds. The first kappa shape index (κ1) is 18.3. The molecule has 0 aromatic heterocycles. The molecule has 0 unspecified atom stereocenters. The van der Waals surface area contributed by atoms with E-state index in [0.717, 1.165) is 18.2 Å². The smallest absolute Gasteiger partial charge is 0.266 e. The standard InChI is InChI=1S/C16H9Cl2N3O4/c17-11-2-3-12(18)13(7-11)20-16(23)10(8-19)5-9-1-4-15(22)14(6-9)21(24)25/h1-7,22H,(H,20,23)/p-1/b10-5+. The van der Waals surface area contributed by atoms with E-state index in [1.807, 2.05) is 0 Å². The van der Waals surface area contributed by atoms with Crippen molar-refractivity contribution in [3.8, 4) is 11.8 Å². The van der Waals surface area contributed by atoms with E-state index in [2.05, 4.69) is 5.32 Å². The summed E-state index contributed by atoms with van der Waals surface area (Å²) in [4.78, 5) is 22.1. The van der Waals surface area contributed by atoms with E-state index in [9.17, 15) is 20.0 Å². The normalized spacial score (nSPS) is 10.8. The molecule has 2 aromatic carbocycles. The lowest BCUT2D eigenvalue weighted by Crippen LogP contribution is -2.13. The third-order valence-electron chi connectivity index (χ3n) is 3.03. The number of nitro benzene ring substituents is 1. The minimum Gasteiger partial charge on any atom is -0.868 e. The summed E-state index contributed by atoms with van der Waals surface area (Å²) in [6.45, 7) is 0. The first-order valence-electron chi connectivity index (χ1n) is 6.65. The van der Waals surface area contributed by atoms with E-state index in [1.165, 1.54) is 24.3 Å². The van der Waals surface area contributed by atoms with Gasteiger partial charge in [0.25, 0.3) is 11.6 Å². The molecule has 0 saturated carbocycles. The highest BCUT2D eigenvalue weighted by Gasteiger charge is 2.13. The second-order valence-corrected chi connectivity index (χ2v) is 5.58. The quantitative estimate of drug-likeness (QED) is 0.378. The molecule has 0 aliphatic heterocycles. The fourth-order valence-corrected chi connectivity index (χ4v) is 2.20. The molecule has 2 aromatic rings. The van der Waals surface area contributed by atoms with Gasteiger partial charge in [-0.05, 0) is 35.6 Å². The highest BCUT2D eigenvalue weighted by Crippen LogP contribution is 2.27. The van der Waals surface area contributed by atoms with Gasteiger partial charge in [-0.1, -0.05) is 35.3 Å². The van der Waals surface area contributed by atoms with Gasteiger partial charge in [0, 0.05) is 11.1 Å². The third kappa shape index (κ3) is 4.47. The van der Waals surface area contributed by atoms with E-state index in [1.54, 1.807) is 6.07 Å². The number of hydrogen-bond donors (Lipinski definition) is 1. The summed E-state index contributed by atoms with van der Waals surface area (Å²) >= 11 is 11.8. The van der Waals surface area contributed by atoms with Crippen LogP contribution in [-0.4, -0.2) is 10.8 Å². The van der Waals surface area contributed by atoms with Crippen molar-refractivity contribution in [2.24, 2.45) is 0 Å². The summed E-state index contributed by atoms with van der Waals surface area (Å²) in [5.74, 6) is -1.55. The number of halogens is 2. The average Bonchev–Trinajstić information content (AvgIpc) is 2.57. The summed E-state index contributed by atoms with van der Waals surface area (Å²) < 4.78 is 0. The lowest BCUT2D eigenvalue weighted by atomic mass is 10.1. The van der Waals surface area contributed by atoms with Gasteiger partial charge in [-0.25, -0.2) is 0 Å². The molecular weight excluding hydrogens is 369 g/mol. The van der Waals surface area contributed by atoms with Crippen molar-refractivity contribution in [3.05, 3.63) is 67.7 Å². The Hall–Kier alpha value is -3.08. The largest absolute Gasteiger partial charge is 0.868 e. The maximum atomic E-state index is 12.2. The molecule has 0 aliphatic rings. The number of nitriles is 1. The van der Waals surface area contributed by atoms with Crippen molar-refractivity contribution in [2.45, 2.75) is 0 Å². The summed E-state index contributed by atoms with van der Waals surface area (Å²) in [5.41, 5.74) is -0.607. The first-order chi connectivity index (χ1) is 11.8. The molecule has 1 N–H and O–H groups in total. The number of nitro groups is 1. The van der Waals surface area contributed by atoms with Crippen LogP contribution >= 0.6 is 23.2 Å². The fraction of sp³-hybridized carbons (Fsp3) is 0. The highest BCUT2D eigenvalue weighted by molar-refractivity contribution is 6.36. The van der Waals surface area contributed by atoms with Gasteiger partial charge in [0.2, 0.25) is 0 Å². The second-order valence-electron chi connectivity index (χ2n) is 4.73. The minimum absolute atomic E-state index is 0.162. The Morgan fingerprint density at radius 3 is 2.60 bits per heavy atom. The Morgan fingerprint density at radius 2 is 1.96 bits per heavy atom. The zero-order valence-electron chi connectivity index (χ0n) is 12.3. The van der Waals surface area contributed by atoms with E-state index in [-0.39, 0.29) is 21.8 Å². The number of anilines is 1. The zero-order valence-corrected chi connectivity index (χ0v) is 13.8. The Morgan fingerprint density at radius 1 is 1.24 bits per heavy atom. The van der Waals surface area contributed by atoms with E-state index >= 15 is 0 Å². The molecule has 7 nitrogen and oxygen atoms in total. The molecule has 0 saturated heterocycles. The van der Waals surface area contributed by atoms with Crippen LogP contribution in [0.25, 0.3) is 6.08 Å². The van der Waals surface area contributed by atoms with Gasteiger partial charge < -0.3 is 10.4 Å². The SMILES string of the molecule is N#C/C(=C\c1ccc([O-])c([N+](=O)[O-])c1)C(=O)Nc1cc(Cl)ccc1Cl. The molecule has 2 rings (SSSR count). The summed E-state index contributed by atoms with van der Waals surface area (Å²) in [6, 6.07) is 9.36. The zero-order chi connectivity index (χ0) is 18.6. The molecule has 9 heteroatoms. The molecular formula is C16H8Cl2N3O4-. The average molecular weight is 377 g/mol. The fourth-order valence-electron chi connectivity index (χ4n) is 1.87. The number of carbonyl (C=O) groups excluding carboxylic acids is 1. The van der Waals surface area contributed by atoms with Crippen LogP contribution in [0.3, 0.4) is 0 Å². The number of amides is 1. The lowest BCUT2D eigenvalue weighted by Gasteiger charge is -2.08.